The number of likely N-dealkylation sites (tertiary alicyclic amines) is 1. The van der Waals surface area contributed by atoms with Crippen molar-refractivity contribution in [2.24, 2.45) is 0 Å². The Morgan fingerprint density at radius 2 is 2.29 bits per heavy atom. The number of halogens is 1. The molecule has 0 aromatic heterocycles. The normalized spacial score (nSPS) is 21.4. The molecule has 1 heterocycles. The number of likely N-dealkylation sites (N-methyl/N-ethyl adjacent to an activating group) is 1. The van der Waals surface area contributed by atoms with Crippen LogP contribution in [0.5, 0.6) is 5.75 Å². The minimum atomic E-state index is 0.530. The Morgan fingerprint density at radius 3 is 3.00 bits per heavy atom. The van der Waals surface area contributed by atoms with Crippen molar-refractivity contribution in [2.45, 2.75) is 25.3 Å². The van der Waals surface area contributed by atoms with Gasteiger partial charge in [-0.3, -0.25) is 0 Å². The number of nitrogens with two attached hydrogens (primary N) is 1. The highest BCUT2D eigenvalue weighted by molar-refractivity contribution is 14.1. The lowest BCUT2D eigenvalue weighted by atomic mass is 10.0. The Bertz CT molecular complexity index is 384. The van der Waals surface area contributed by atoms with Gasteiger partial charge in [-0.25, -0.2) is 0 Å². The lowest BCUT2D eigenvalue weighted by molar-refractivity contribution is 0.125. The molecule has 0 bridgehead atoms. The molecule has 1 aromatic rings. The Hall–Kier alpha value is -0.490. The molecule has 1 fully saturated rings. The lowest BCUT2D eigenvalue weighted by Gasteiger charge is -2.32. The van der Waals surface area contributed by atoms with Crippen LogP contribution in [0.15, 0.2) is 18.2 Å². The number of rotatable bonds is 3. The fourth-order valence-corrected chi connectivity index (χ4v) is 2.71. The highest BCUT2D eigenvalue weighted by atomic mass is 127. The average Bonchev–Trinajstić information content (AvgIpc) is 2.30. The van der Waals surface area contributed by atoms with Gasteiger partial charge in [-0.15, -0.1) is 0 Å². The number of hydrogen-bond donors (Lipinski definition) is 1. The maximum Gasteiger partial charge on any atom is 0.142 e. The topological polar surface area (TPSA) is 38.5 Å². The first-order chi connectivity index (χ1) is 8.16. The first kappa shape index (κ1) is 13.0. The van der Waals surface area contributed by atoms with E-state index in [1.165, 1.54) is 25.8 Å². The molecule has 0 radical (unpaired) electrons. The number of hydrogen-bond acceptors (Lipinski definition) is 3. The summed E-state index contributed by atoms with van der Waals surface area (Å²) in [5.41, 5.74) is 6.66. The molecule has 0 aliphatic carbocycles. The smallest absolute Gasteiger partial charge is 0.142 e. The van der Waals surface area contributed by atoms with Gasteiger partial charge in [0.05, 0.1) is 5.69 Å². The SMILES string of the molecule is CN1CCCCC1COc1ccc(I)cc1N. The van der Waals surface area contributed by atoms with Crippen molar-refractivity contribution in [2.75, 3.05) is 25.9 Å². The molecule has 1 unspecified atom stereocenters. The molecule has 0 saturated carbocycles. The van der Waals surface area contributed by atoms with Crippen molar-refractivity contribution >= 4 is 28.3 Å². The lowest BCUT2D eigenvalue weighted by Crippen LogP contribution is -2.40. The molecule has 4 heteroatoms. The molecule has 2 rings (SSSR count). The summed E-state index contributed by atoms with van der Waals surface area (Å²) in [4.78, 5) is 2.38. The van der Waals surface area contributed by atoms with Crippen LogP contribution >= 0.6 is 22.6 Å². The van der Waals surface area contributed by atoms with Gasteiger partial charge in [-0.1, -0.05) is 6.42 Å². The molecule has 17 heavy (non-hydrogen) atoms. The number of nitrogen functional groups attached to an aromatic ring is 1. The zero-order valence-electron chi connectivity index (χ0n) is 10.2. The van der Waals surface area contributed by atoms with E-state index < -0.39 is 0 Å². The quantitative estimate of drug-likeness (QED) is 0.676. The van der Waals surface area contributed by atoms with E-state index in [9.17, 15) is 0 Å². The molecular formula is C13H19IN2O. The van der Waals surface area contributed by atoms with E-state index in [-0.39, 0.29) is 0 Å². The van der Waals surface area contributed by atoms with Crippen LogP contribution in [0.4, 0.5) is 5.69 Å². The van der Waals surface area contributed by atoms with Gasteiger partial charge in [0.15, 0.2) is 0 Å². The predicted octanol–water partition coefficient (Wildman–Crippen LogP) is 2.74. The summed E-state index contributed by atoms with van der Waals surface area (Å²) in [6, 6.07) is 6.46. The number of piperidine rings is 1. The molecule has 0 spiro atoms. The van der Waals surface area contributed by atoms with Crippen molar-refractivity contribution in [3.8, 4) is 5.75 Å². The van der Waals surface area contributed by atoms with Crippen LogP contribution in [0.2, 0.25) is 0 Å². The summed E-state index contributed by atoms with van der Waals surface area (Å²) in [5, 5.41) is 0. The van der Waals surface area contributed by atoms with Gasteiger partial charge in [0.2, 0.25) is 0 Å². The van der Waals surface area contributed by atoms with Gasteiger partial charge in [0.1, 0.15) is 12.4 Å². The highest BCUT2D eigenvalue weighted by Gasteiger charge is 2.19. The van der Waals surface area contributed by atoms with Crippen LogP contribution in [-0.2, 0) is 0 Å². The monoisotopic (exact) mass is 346 g/mol. The molecule has 1 aliphatic rings. The van der Waals surface area contributed by atoms with Crippen molar-refractivity contribution < 1.29 is 4.74 Å². The third kappa shape index (κ3) is 3.48. The fraction of sp³-hybridized carbons (Fsp3) is 0.538. The fourth-order valence-electron chi connectivity index (χ4n) is 2.19. The van der Waals surface area contributed by atoms with Crippen molar-refractivity contribution in [1.29, 1.82) is 0 Å². The third-order valence-corrected chi connectivity index (χ3v) is 4.00. The first-order valence-electron chi connectivity index (χ1n) is 6.05. The Balaban J connectivity index is 1.92. The van der Waals surface area contributed by atoms with Crippen LogP contribution in [0, 0.1) is 3.57 Å². The maximum atomic E-state index is 5.93. The van der Waals surface area contributed by atoms with Crippen LogP contribution in [0.25, 0.3) is 0 Å². The van der Waals surface area contributed by atoms with Gasteiger partial charge < -0.3 is 15.4 Å². The van der Waals surface area contributed by atoms with Crippen LogP contribution in [0.3, 0.4) is 0 Å². The number of benzene rings is 1. The third-order valence-electron chi connectivity index (χ3n) is 3.32. The van der Waals surface area contributed by atoms with E-state index >= 15 is 0 Å². The van der Waals surface area contributed by atoms with E-state index in [4.69, 9.17) is 10.5 Å². The summed E-state index contributed by atoms with van der Waals surface area (Å²) in [7, 11) is 2.17. The zero-order chi connectivity index (χ0) is 12.3. The molecule has 1 atom stereocenters. The average molecular weight is 346 g/mol. The van der Waals surface area contributed by atoms with Crippen molar-refractivity contribution in [1.82, 2.24) is 4.90 Å². The van der Waals surface area contributed by atoms with E-state index in [0.29, 0.717) is 6.04 Å². The first-order valence-corrected chi connectivity index (χ1v) is 7.13. The molecule has 3 nitrogen and oxygen atoms in total. The minimum absolute atomic E-state index is 0.530. The molecule has 1 aliphatic heterocycles. The van der Waals surface area contributed by atoms with Crippen LogP contribution < -0.4 is 10.5 Å². The van der Waals surface area contributed by atoms with Crippen LogP contribution in [0.1, 0.15) is 19.3 Å². The summed E-state index contributed by atoms with van der Waals surface area (Å²) < 4.78 is 6.97. The minimum Gasteiger partial charge on any atom is -0.490 e. The maximum absolute atomic E-state index is 5.93. The Morgan fingerprint density at radius 1 is 1.47 bits per heavy atom. The molecule has 94 valence electrons. The second-order valence-corrected chi connectivity index (χ2v) is 5.87. The standard InChI is InChI=1S/C13H19IN2O/c1-16-7-3-2-4-11(16)9-17-13-6-5-10(14)8-12(13)15/h5-6,8,11H,2-4,7,9,15H2,1H3. The van der Waals surface area contributed by atoms with E-state index in [2.05, 4.69) is 34.5 Å². The summed E-state index contributed by atoms with van der Waals surface area (Å²) in [6.07, 6.45) is 3.83. The summed E-state index contributed by atoms with van der Waals surface area (Å²) in [5.74, 6) is 0.810. The second-order valence-electron chi connectivity index (χ2n) is 4.62. The number of anilines is 1. The van der Waals surface area contributed by atoms with Gasteiger partial charge in [0, 0.05) is 9.61 Å². The second kappa shape index (κ2) is 5.91. The summed E-state index contributed by atoms with van der Waals surface area (Å²) in [6.45, 7) is 1.91. The van der Waals surface area contributed by atoms with Gasteiger partial charge >= 0.3 is 0 Å². The number of nitrogens with zero attached hydrogens (tertiary/aromatic N) is 1. The highest BCUT2D eigenvalue weighted by Crippen LogP contribution is 2.24. The van der Waals surface area contributed by atoms with Crippen molar-refractivity contribution in [3.05, 3.63) is 21.8 Å². The van der Waals surface area contributed by atoms with Crippen LogP contribution in [-0.4, -0.2) is 31.1 Å². The van der Waals surface area contributed by atoms with Gasteiger partial charge in [-0.05, 0) is 67.2 Å². The largest absolute Gasteiger partial charge is 0.490 e. The Labute approximate surface area is 116 Å². The predicted molar refractivity (Wildman–Crippen MR) is 79.3 cm³/mol. The molecule has 1 saturated heterocycles. The molecule has 2 N–H and O–H groups in total. The van der Waals surface area contributed by atoms with E-state index in [0.717, 1.165) is 21.6 Å². The van der Waals surface area contributed by atoms with Crippen molar-refractivity contribution in [3.63, 3.8) is 0 Å². The summed E-state index contributed by atoms with van der Waals surface area (Å²) >= 11 is 2.25. The molecular weight excluding hydrogens is 327 g/mol. The van der Waals surface area contributed by atoms with E-state index in [1.54, 1.807) is 0 Å². The zero-order valence-corrected chi connectivity index (χ0v) is 12.3. The van der Waals surface area contributed by atoms with Gasteiger partial charge in [0.25, 0.3) is 0 Å². The Kier molecular flexibility index (Phi) is 4.50. The molecule has 1 aromatic carbocycles. The van der Waals surface area contributed by atoms with E-state index in [1.807, 2.05) is 18.2 Å². The molecule has 0 amide bonds. The number of ether oxygens (including phenoxy) is 1. The van der Waals surface area contributed by atoms with Gasteiger partial charge in [-0.2, -0.15) is 0 Å².